The number of carbonyl (C=O) groups is 1. The van der Waals surface area contributed by atoms with Crippen molar-refractivity contribution >= 4 is 22.6 Å². The summed E-state index contributed by atoms with van der Waals surface area (Å²) in [6.45, 7) is 5.92. The van der Waals surface area contributed by atoms with Crippen molar-refractivity contribution in [3.63, 3.8) is 0 Å². The van der Waals surface area contributed by atoms with Gasteiger partial charge in [-0.05, 0) is 44.0 Å². The fourth-order valence-corrected chi connectivity index (χ4v) is 3.02. The van der Waals surface area contributed by atoms with Gasteiger partial charge in [-0.15, -0.1) is 0 Å². The fraction of sp³-hybridized carbons (Fsp3) is 0.200. The summed E-state index contributed by atoms with van der Waals surface area (Å²) in [6, 6.07) is 11.1. The number of fused-ring (bicyclic) bond motifs is 1. The van der Waals surface area contributed by atoms with Crippen LogP contribution in [0.1, 0.15) is 27.0 Å². The van der Waals surface area contributed by atoms with Crippen LogP contribution in [0.5, 0.6) is 5.75 Å². The van der Waals surface area contributed by atoms with Crippen molar-refractivity contribution in [2.75, 3.05) is 12.4 Å². The monoisotopic (exact) mass is 336 g/mol. The van der Waals surface area contributed by atoms with Crippen LogP contribution in [0.3, 0.4) is 0 Å². The topological polar surface area (TPSA) is 75.3 Å². The molecule has 0 saturated heterocycles. The van der Waals surface area contributed by atoms with Crippen LogP contribution in [0, 0.1) is 26.2 Å². The van der Waals surface area contributed by atoms with Gasteiger partial charge in [0, 0.05) is 11.1 Å². The summed E-state index contributed by atoms with van der Waals surface area (Å²) >= 11 is 0. The van der Waals surface area contributed by atoms with E-state index in [2.05, 4.69) is 5.32 Å². The van der Waals surface area contributed by atoms with Crippen LogP contribution >= 0.6 is 0 Å². The van der Waals surface area contributed by atoms with Gasteiger partial charge in [-0.2, -0.15) is 0 Å². The minimum Gasteiger partial charge on any atom is -0.493 e. The second kappa shape index (κ2) is 6.43. The van der Waals surface area contributed by atoms with Gasteiger partial charge in [0.25, 0.3) is 5.91 Å². The number of anilines is 1. The first kappa shape index (κ1) is 16.8. The molecule has 0 aliphatic carbocycles. The zero-order valence-corrected chi connectivity index (χ0v) is 14.7. The van der Waals surface area contributed by atoms with Crippen LogP contribution in [0.4, 0.5) is 5.69 Å². The number of para-hydroxylation sites is 1. The molecule has 3 aromatic rings. The Hall–Kier alpha value is -3.08. The minimum absolute atomic E-state index is 0.181. The third-order valence-corrected chi connectivity index (χ3v) is 4.14. The number of hydrogen-bond acceptors (Lipinski definition) is 4. The highest BCUT2D eigenvalue weighted by Crippen LogP contribution is 2.26. The Balaban J connectivity index is 2.04. The molecular weight excluding hydrogens is 316 g/mol. The van der Waals surface area contributed by atoms with Gasteiger partial charge in [0.1, 0.15) is 5.56 Å². The Morgan fingerprint density at radius 1 is 1.12 bits per heavy atom. The lowest BCUT2D eigenvalue weighted by Gasteiger charge is -2.13. The first-order valence-corrected chi connectivity index (χ1v) is 7.95. The Kier molecular flexibility index (Phi) is 4.31. The number of methoxy groups -OCH3 is 1. The SMILES string of the molecule is COc1cccc2cc(C(=O)Nc3c(C)cc(C)cc3C)c(=N)oc12. The number of hydrogen-bond donors (Lipinski definition) is 2. The van der Waals surface area contributed by atoms with Gasteiger partial charge in [-0.25, -0.2) is 0 Å². The fourth-order valence-electron chi connectivity index (χ4n) is 3.02. The van der Waals surface area contributed by atoms with Crippen LogP contribution in [0.15, 0.2) is 40.8 Å². The zero-order valence-electron chi connectivity index (χ0n) is 14.7. The lowest BCUT2D eigenvalue weighted by Crippen LogP contribution is -2.21. The van der Waals surface area contributed by atoms with Crippen LogP contribution in [0.2, 0.25) is 0 Å². The highest BCUT2D eigenvalue weighted by atomic mass is 16.5. The molecule has 5 nitrogen and oxygen atoms in total. The van der Waals surface area contributed by atoms with Crippen LogP contribution in [-0.2, 0) is 0 Å². The van der Waals surface area contributed by atoms with E-state index < -0.39 is 0 Å². The third kappa shape index (κ3) is 3.13. The van der Waals surface area contributed by atoms with E-state index in [1.807, 2.05) is 45.0 Å². The molecule has 3 rings (SSSR count). The molecule has 0 radical (unpaired) electrons. The Morgan fingerprint density at radius 2 is 1.80 bits per heavy atom. The number of rotatable bonds is 3. The molecule has 1 aromatic heterocycles. The lowest BCUT2D eigenvalue weighted by atomic mass is 10.0. The maximum atomic E-state index is 12.7. The highest BCUT2D eigenvalue weighted by Gasteiger charge is 2.15. The molecule has 2 N–H and O–H groups in total. The number of aryl methyl sites for hydroxylation is 3. The minimum atomic E-state index is -0.367. The summed E-state index contributed by atoms with van der Waals surface area (Å²) in [5.74, 6) is 0.164. The van der Waals surface area contributed by atoms with Crippen LogP contribution in [-0.4, -0.2) is 13.0 Å². The molecule has 5 heteroatoms. The summed E-state index contributed by atoms with van der Waals surface area (Å²) in [7, 11) is 1.54. The van der Waals surface area contributed by atoms with Crippen molar-refractivity contribution in [1.29, 1.82) is 5.41 Å². The molecule has 0 fully saturated rings. The van der Waals surface area contributed by atoms with Crippen LogP contribution < -0.4 is 15.6 Å². The normalized spacial score (nSPS) is 10.7. The van der Waals surface area contributed by atoms with Crippen molar-refractivity contribution < 1.29 is 13.9 Å². The largest absolute Gasteiger partial charge is 0.493 e. The van der Waals surface area contributed by atoms with Gasteiger partial charge in [0.2, 0.25) is 5.55 Å². The number of benzene rings is 2. The van der Waals surface area contributed by atoms with Crippen molar-refractivity contribution in [3.05, 3.63) is 64.2 Å². The molecule has 128 valence electrons. The first-order chi connectivity index (χ1) is 11.9. The van der Waals surface area contributed by atoms with E-state index in [0.29, 0.717) is 16.7 Å². The van der Waals surface area contributed by atoms with Crippen molar-refractivity contribution in [2.45, 2.75) is 20.8 Å². The van der Waals surface area contributed by atoms with E-state index in [1.165, 1.54) is 7.11 Å². The molecule has 0 atom stereocenters. The summed E-state index contributed by atoms with van der Waals surface area (Å²) < 4.78 is 10.8. The number of ether oxygens (including phenoxy) is 1. The molecule has 0 aliphatic rings. The Labute approximate surface area is 145 Å². The average Bonchev–Trinajstić information content (AvgIpc) is 2.56. The van der Waals surface area contributed by atoms with E-state index in [4.69, 9.17) is 14.6 Å². The molecule has 0 spiro atoms. The maximum absolute atomic E-state index is 12.7. The molecule has 2 aromatic carbocycles. The molecule has 25 heavy (non-hydrogen) atoms. The smallest absolute Gasteiger partial charge is 0.261 e. The lowest BCUT2D eigenvalue weighted by molar-refractivity contribution is 0.102. The molecular formula is C20H20N2O3. The first-order valence-electron chi connectivity index (χ1n) is 7.95. The van der Waals surface area contributed by atoms with Crippen LogP contribution in [0.25, 0.3) is 11.0 Å². The highest BCUT2D eigenvalue weighted by molar-refractivity contribution is 6.06. The van der Waals surface area contributed by atoms with E-state index in [1.54, 1.807) is 12.1 Å². The average molecular weight is 336 g/mol. The van der Waals surface area contributed by atoms with E-state index in [9.17, 15) is 4.79 Å². The Morgan fingerprint density at radius 3 is 2.44 bits per heavy atom. The standard InChI is InChI=1S/C20H20N2O3/c1-11-8-12(2)17(13(3)9-11)22-20(23)15-10-14-6-5-7-16(24-4)18(14)25-19(15)21/h5-10,21H,1-4H3,(H,22,23). The predicted octanol–water partition coefficient (Wildman–Crippen LogP) is 4.10. The van der Waals surface area contributed by atoms with Gasteiger partial charge >= 0.3 is 0 Å². The Bertz CT molecular complexity index is 1010. The van der Waals surface area contributed by atoms with Gasteiger partial charge in [-0.1, -0.05) is 29.8 Å². The summed E-state index contributed by atoms with van der Waals surface area (Å²) in [5, 5.41) is 11.7. The molecule has 0 unspecified atom stereocenters. The second-order valence-corrected chi connectivity index (χ2v) is 6.10. The van der Waals surface area contributed by atoms with Crippen molar-refractivity contribution in [1.82, 2.24) is 0 Å². The van der Waals surface area contributed by atoms with Gasteiger partial charge in [0.05, 0.1) is 7.11 Å². The zero-order chi connectivity index (χ0) is 18.1. The second-order valence-electron chi connectivity index (χ2n) is 6.10. The summed E-state index contributed by atoms with van der Waals surface area (Å²) in [6.07, 6.45) is 0. The maximum Gasteiger partial charge on any atom is 0.261 e. The molecule has 0 bridgehead atoms. The quantitative estimate of drug-likeness (QED) is 0.756. The van der Waals surface area contributed by atoms with Gasteiger partial charge in [0.15, 0.2) is 11.3 Å². The van der Waals surface area contributed by atoms with E-state index in [-0.39, 0.29) is 17.0 Å². The predicted molar refractivity (Wildman–Crippen MR) is 97.2 cm³/mol. The molecule has 1 heterocycles. The van der Waals surface area contributed by atoms with Gasteiger partial charge < -0.3 is 14.5 Å². The number of amides is 1. The summed E-state index contributed by atoms with van der Waals surface area (Å²) in [4.78, 5) is 12.7. The molecule has 0 saturated carbocycles. The molecule has 0 aliphatic heterocycles. The van der Waals surface area contributed by atoms with Gasteiger partial charge in [-0.3, -0.25) is 10.2 Å². The number of nitrogens with one attached hydrogen (secondary N) is 2. The van der Waals surface area contributed by atoms with E-state index >= 15 is 0 Å². The van der Waals surface area contributed by atoms with Crippen molar-refractivity contribution in [3.8, 4) is 5.75 Å². The third-order valence-electron chi connectivity index (χ3n) is 4.14. The molecule has 1 amide bonds. The van der Waals surface area contributed by atoms with E-state index in [0.717, 1.165) is 22.4 Å². The van der Waals surface area contributed by atoms with Crippen molar-refractivity contribution in [2.24, 2.45) is 0 Å². The summed E-state index contributed by atoms with van der Waals surface area (Å²) in [5.41, 5.74) is 4.31. The number of carbonyl (C=O) groups excluding carboxylic acids is 1.